The van der Waals surface area contributed by atoms with Gasteiger partial charge in [0.25, 0.3) is 0 Å². The fourth-order valence-electron chi connectivity index (χ4n) is 4.45. The predicted octanol–water partition coefficient (Wildman–Crippen LogP) is 3.91. The highest BCUT2D eigenvalue weighted by Gasteiger charge is 2.29. The molecule has 2 aromatic heterocycles. The summed E-state index contributed by atoms with van der Waals surface area (Å²) in [7, 11) is 0. The summed E-state index contributed by atoms with van der Waals surface area (Å²) >= 11 is 0. The average Bonchev–Trinajstić information content (AvgIpc) is 3.16. The summed E-state index contributed by atoms with van der Waals surface area (Å²) in [5, 5.41) is 4.43. The molecule has 5 heteroatoms. The van der Waals surface area contributed by atoms with Crippen LogP contribution in [0.2, 0.25) is 0 Å². The van der Waals surface area contributed by atoms with Gasteiger partial charge in [0, 0.05) is 29.4 Å². The number of benzene rings is 1. The lowest BCUT2D eigenvalue weighted by Crippen LogP contribution is -2.22. The second-order valence-electron chi connectivity index (χ2n) is 7.32. The van der Waals surface area contributed by atoms with E-state index in [1.807, 2.05) is 41.0 Å². The summed E-state index contributed by atoms with van der Waals surface area (Å²) in [6, 6.07) is 11.8. The number of nitrogens with two attached hydrogens (primary N) is 1. The van der Waals surface area contributed by atoms with Crippen molar-refractivity contribution in [1.29, 1.82) is 0 Å². The van der Waals surface area contributed by atoms with E-state index in [1.54, 1.807) is 6.20 Å². The molecule has 0 bridgehead atoms. The van der Waals surface area contributed by atoms with E-state index < -0.39 is 0 Å². The molecule has 1 atom stereocenters. The Bertz CT molecular complexity index is 924. The van der Waals surface area contributed by atoms with Crippen LogP contribution in [0.4, 0.5) is 0 Å². The van der Waals surface area contributed by atoms with Gasteiger partial charge >= 0.3 is 0 Å². The maximum atomic E-state index is 11.8. The van der Waals surface area contributed by atoms with Crippen LogP contribution in [0.5, 0.6) is 0 Å². The van der Waals surface area contributed by atoms with Gasteiger partial charge in [-0.2, -0.15) is 5.10 Å². The Hall–Kier alpha value is -2.69. The Morgan fingerprint density at radius 3 is 2.65 bits per heavy atom. The lowest BCUT2D eigenvalue weighted by molar-refractivity contribution is 0.0998. The van der Waals surface area contributed by atoms with Gasteiger partial charge in [-0.1, -0.05) is 25.1 Å². The number of aromatic nitrogens is 3. The third-order valence-electron chi connectivity index (χ3n) is 5.93. The molecule has 1 fully saturated rings. The van der Waals surface area contributed by atoms with Gasteiger partial charge in [-0.25, -0.2) is 9.50 Å². The van der Waals surface area contributed by atoms with Crippen molar-refractivity contribution in [1.82, 2.24) is 14.6 Å². The summed E-state index contributed by atoms with van der Waals surface area (Å²) in [5.41, 5.74) is 9.48. The minimum atomic E-state index is -0.334. The van der Waals surface area contributed by atoms with Crippen LogP contribution in [0, 0.1) is 5.92 Å². The van der Waals surface area contributed by atoms with Crippen LogP contribution < -0.4 is 5.73 Å². The molecule has 134 valence electrons. The Morgan fingerprint density at radius 1 is 1.12 bits per heavy atom. The number of carbonyl (C=O) groups excluding carboxylic acids is 1. The van der Waals surface area contributed by atoms with Gasteiger partial charge in [0.05, 0.1) is 6.20 Å². The van der Waals surface area contributed by atoms with Crippen LogP contribution in [0.25, 0.3) is 5.65 Å². The van der Waals surface area contributed by atoms with Gasteiger partial charge in [-0.15, -0.1) is 0 Å². The van der Waals surface area contributed by atoms with Gasteiger partial charge in [0.1, 0.15) is 0 Å². The van der Waals surface area contributed by atoms with Crippen molar-refractivity contribution >= 4 is 11.6 Å². The predicted molar refractivity (Wildman–Crippen MR) is 101 cm³/mol. The standard InChI is InChI=1S/C21H24N4O/c1-14(17-4-2-3-5-18(17)21(22)26)15-6-8-16(9-7-15)19-10-12-23-20-11-13-24-25(19)20/h2-5,10-16H,6-9H2,1H3,(H2,22,26)/t14-,15?,16?/m0/s1. The first-order chi connectivity index (χ1) is 12.6. The third kappa shape index (κ3) is 2.98. The molecule has 0 saturated heterocycles. The van der Waals surface area contributed by atoms with Gasteiger partial charge in [0.15, 0.2) is 5.65 Å². The highest BCUT2D eigenvalue weighted by atomic mass is 16.1. The highest BCUT2D eigenvalue weighted by molar-refractivity contribution is 5.94. The molecule has 1 aromatic carbocycles. The van der Waals surface area contributed by atoms with E-state index in [1.165, 1.54) is 5.69 Å². The monoisotopic (exact) mass is 348 g/mol. The number of fused-ring (bicyclic) bond motifs is 1. The Balaban J connectivity index is 1.50. The summed E-state index contributed by atoms with van der Waals surface area (Å²) in [4.78, 5) is 16.1. The van der Waals surface area contributed by atoms with Crippen molar-refractivity contribution < 1.29 is 4.79 Å². The molecule has 3 aromatic rings. The molecule has 2 heterocycles. The van der Waals surface area contributed by atoms with Gasteiger partial charge in [-0.05, 0) is 55.2 Å². The zero-order chi connectivity index (χ0) is 18.1. The first-order valence-electron chi connectivity index (χ1n) is 9.32. The Kier molecular flexibility index (Phi) is 4.45. The van der Waals surface area contributed by atoms with Crippen molar-refractivity contribution in [2.45, 2.75) is 44.4 Å². The molecular weight excluding hydrogens is 324 g/mol. The van der Waals surface area contributed by atoms with Crippen LogP contribution in [0.15, 0.2) is 48.8 Å². The zero-order valence-corrected chi connectivity index (χ0v) is 15.0. The Morgan fingerprint density at radius 2 is 1.88 bits per heavy atom. The lowest BCUT2D eigenvalue weighted by atomic mass is 9.72. The molecule has 0 aliphatic heterocycles. The molecule has 1 aliphatic carbocycles. The molecule has 26 heavy (non-hydrogen) atoms. The molecule has 0 unspecified atom stereocenters. The molecule has 2 N–H and O–H groups in total. The first kappa shape index (κ1) is 16.8. The molecular formula is C21H24N4O. The number of hydrogen-bond acceptors (Lipinski definition) is 3. The fraction of sp³-hybridized carbons (Fsp3) is 0.381. The summed E-state index contributed by atoms with van der Waals surface area (Å²) in [5.74, 6) is 1.08. The van der Waals surface area contributed by atoms with E-state index >= 15 is 0 Å². The first-order valence-corrected chi connectivity index (χ1v) is 9.32. The van der Waals surface area contributed by atoms with Crippen LogP contribution in [-0.2, 0) is 0 Å². The van der Waals surface area contributed by atoms with E-state index in [0.29, 0.717) is 23.3 Å². The van der Waals surface area contributed by atoms with Crippen LogP contribution in [0.3, 0.4) is 0 Å². The second-order valence-corrected chi connectivity index (χ2v) is 7.32. The van der Waals surface area contributed by atoms with Crippen LogP contribution in [0.1, 0.15) is 66.1 Å². The molecule has 1 aliphatic rings. The topological polar surface area (TPSA) is 73.3 Å². The fourth-order valence-corrected chi connectivity index (χ4v) is 4.45. The number of amides is 1. The SMILES string of the molecule is C[C@H](c1ccccc1C(N)=O)C1CCC(c2ccnc3ccnn23)CC1. The Labute approximate surface area is 153 Å². The molecule has 1 saturated carbocycles. The van der Waals surface area contributed by atoms with E-state index in [9.17, 15) is 4.79 Å². The minimum Gasteiger partial charge on any atom is -0.366 e. The van der Waals surface area contributed by atoms with Crippen molar-refractivity contribution in [3.05, 3.63) is 65.6 Å². The van der Waals surface area contributed by atoms with E-state index in [4.69, 9.17) is 5.73 Å². The van der Waals surface area contributed by atoms with E-state index in [-0.39, 0.29) is 5.91 Å². The minimum absolute atomic E-state index is 0.334. The number of carbonyl (C=O) groups is 1. The lowest BCUT2D eigenvalue weighted by Gasteiger charge is -2.33. The van der Waals surface area contributed by atoms with Crippen LogP contribution >= 0.6 is 0 Å². The second kappa shape index (κ2) is 6.90. The maximum Gasteiger partial charge on any atom is 0.248 e. The van der Waals surface area contributed by atoms with Crippen molar-refractivity contribution in [2.75, 3.05) is 0 Å². The van der Waals surface area contributed by atoms with Gasteiger partial charge < -0.3 is 5.73 Å². The zero-order valence-electron chi connectivity index (χ0n) is 15.0. The van der Waals surface area contributed by atoms with Gasteiger partial charge in [-0.3, -0.25) is 4.79 Å². The maximum absolute atomic E-state index is 11.8. The normalized spacial score (nSPS) is 21.6. The van der Waals surface area contributed by atoms with Crippen molar-refractivity contribution in [2.24, 2.45) is 11.7 Å². The number of hydrogen-bond donors (Lipinski definition) is 1. The quantitative estimate of drug-likeness (QED) is 0.777. The number of nitrogens with zero attached hydrogens (tertiary/aromatic N) is 3. The van der Waals surface area contributed by atoms with E-state index in [2.05, 4.69) is 23.1 Å². The molecule has 0 radical (unpaired) electrons. The largest absolute Gasteiger partial charge is 0.366 e. The van der Waals surface area contributed by atoms with Crippen molar-refractivity contribution in [3.8, 4) is 0 Å². The summed E-state index contributed by atoms with van der Waals surface area (Å²) in [6.45, 7) is 2.23. The average molecular weight is 348 g/mol. The summed E-state index contributed by atoms with van der Waals surface area (Å²) in [6.07, 6.45) is 8.23. The van der Waals surface area contributed by atoms with E-state index in [0.717, 1.165) is 36.9 Å². The molecule has 1 amide bonds. The molecule has 5 nitrogen and oxygen atoms in total. The number of rotatable bonds is 4. The van der Waals surface area contributed by atoms with Crippen molar-refractivity contribution in [3.63, 3.8) is 0 Å². The summed E-state index contributed by atoms with van der Waals surface area (Å²) < 4.78 is 1.97. The smallest absolute Gasteiger partial charge is 0.248 e. The molecule has 4 rings (SSSR count). The number of primary amides is 1. The van der Waals surface area contributed by atoms with Gasteiger partial charge in [0.2, 0.25) is 5.91 Å². The highest BCUT2D eigenvalue weighted by Crippen LogP contribution is 2.42. The third-order valence-corrected chi connectivity index (χ3v) is 5.93. The van der Waals surface area contributed by atoms with Crippen LogP contribution in [-0.4, -0.2) is 20.5 Å². The molecule has 0 spiro atoms.